The molecular weight excluding hydrogens is 434 g/mol. The van der Waals surface area contributed by atoms with Crippen LogP contribution in [0.1, 0.15) is 31.2 Å². The molecule has 3 amide bonds. The Balaban J connectivity index is 1.68. The summed E-state index contributed by atoms with van der Waals surface area (Å²) in [4.78, 5) is 39.4. The summed E-state index contributed by atoms with van der Waals surface area (Å²) in [6.07, 6.45) is 0. The molecule has 0 atom stereocenters. The molecule has 1 heterocycles. The minimum absolute atomic E-state index is 0.119. The fraction of sp³-hybridized carbons (Fsp3) is 0.174. The number of nitrogens with zero attached hydrogens (tertiary/aromatic N) is 1. The smallest absolute Gasteiger partial charge is 0.265 e. The summed E-state index contributed by atoms with van der Waals surface area (Å²) < 4.78 is 0. The second kappa shape index (κ2) is 9.76. The molecule has 2 aromatic carbocycles. The molecule has 3 rings (SSSR count). The Hall–Kier alpha value is -3.16. The van der Waals surface area contributed by atoms with Crippen molar-refractivity contribution in [2.75, 3.05) is 24.2 Å². The molecule has 0 unspecified atom stereocenters. The van der Waals surface area contributed by atoms with Gasteiger partial charge < -0.3 is 15.5 Å². The number of rotatable bonds is 6. The highest BCUT2D eigenvalue weighted by Crippen LogP contribution is 2.25. The van der Waals surface area contributed by atoms with E-state index in [1.165, 1.54) is 22.3 Å². The van der Waals surface area contributed by atoms with Crippen LogP contribution in [0.5, 0.6) is 0 Å². The lowest BCUT2D eigenvalue weighted by atomic mass is 10.1. The van der Waals surface area contributed by atoms with E-state index in [9.17, 15) is 14.4 Å². The fourth-order valence-corrected chi connectivity index (χ4v) is 3.71. The first-order valence-corrected chi connectivity index (χ1v) is 10.8. The first-order valence-electron chi connectivity index (χ1n) is 9.52. The van der Waals surface area contributed by atoms with Crippen LogP contribution in [0.15, 0.2) is 53.9 Å². The van der Waals surface area contributed by atoms with Crippen LogP contribution in [-0.2, 0) is 4.79 Å². The lowest BCUT2D eigenvalue weighted by molar-refractivity contribution is -0.116. The van der Waals surface area contributed by atoms with Gasteiger partial charge in [-0.15, -0.1) is 11.3 Å². The van der Waals surface area contributed by atoms with Crippen molar-refractivity contribution in [2.24, 2.45) is 0 Å². The number of amides is 3. The van der Waals surface area contributed by atoms with Crippen LogP contribution in [0.25, 0.3) is 0 Å². The third kappa shape index (κ3) is 5.51. The Labute approximate surface area is 189 Å². The van der Waals surface area contributed by atoms with Crippen molar-refractivity contribution in [1.82, 2.24) is 4.90 Å². The monoisotopic (exact) mass is 455 g/mol. The predicted molar refractivity (Wildman–Crippen MR) is 125 cm³/mol. The Morgan fingerprint density at radius 2 is 1.77 bits per heavy atom. The summed E-state index contributed by atoms with van der Waals surface area (Å²) in [5.74, 6) is -0.966. The molecule has 0 saturated carbocycles. The summed E-state index contributed by atoms with van der Waals surface area (Å²) >= 11 is 7.49. The number of thiophene rings is 1. The van der Waals surface area contributed by atoms with Gasteiger partial charge in [0.05, 0.1) is 22.1 Å². The van der Waals surface area contributed by atoms with Gasteiger partial charge in [-0.2, -0.15) is 0 Å². The van der Waals surface area contributed by atoms with Crippen molar-refractivity contribution in [3.63, 3.8) is 0 Å². The number of halogens is 1. The number of carbonyl (C=O) groups is 3. The number of aryl methyl sites for hydroxylation is 1. The van der Waals surface area contributed by atoms with E-state index in [1.54, 1.807) is 36.7 Å². The van der Waals surface area contributed by atoms with Gasteiger partial charge in [0.25, 0.3) is 11.8 Å². The molecule has 3 aromatic rings. The molecule has 160 valence electrons. The van der Waals surface area contributed by atoms with Gasteiger partial charge in [0.1, 0.15) is 0 Å². The summed E-state index contributed by atoms with van der Waals surface area (Å²) in [7, 11) is 1.55. The average molecular weight is 456 g/mol. The van der Waals surface area contributed by atoms with E-state index in [0.29, 0.717) is 21.2 Å². The summed E-state index contributed by atoms with van der Waals surface area (Å²) in [6.45, 7) is 3.78. The maximum Gasteiger partial charge on any atom is 0.265 e. The van der Waals surface area contributed by atoms with Gasteiger partial charge >= 0.3 is 0 Å². The minimum Gasteiger partial charge on any atom is -0.332 e. The molecule has 0 aliphatic heterocycles. The van der Waals surface area contributed by atoms with Gasteiger partial charge in [-0.1, -0.05) is 29.8 Å². The van der Waals surface area contributed by atoms with Crippen molar-refractivity contribution in [3.05, 3.63) is 80.5 Å². The second-order valence-corrected chi connectivity index (χ2v) is 8.44. The first-order chi connectivity index (χ1) is 14.8. The average Bonchev–Trinajstić information content (AvgIpc) is 3.27. The Morgan fingerprint density at radius 1 is 1.00 bits per heavy atom. The van der Waals surface area contributed by atoms with Crippen LogP contribution in [0.3, 0.4) is 0 Å². The first kappa shape index (κ1) is 22.5. The van der Waals surface area contributed by atoms with Gasteiger partial charge in [-0.25, -0.2) is 0 Å². The zero-order chi connectivity index (χ0) is 22.5. The number of nitrogens with one attached hydrogen (secondary N) is 2. The van der Waals surface area contributed by atoms with Gasteiger partial charge in [0.15, 0.2) is 0 Å². The van der Waals surface area contributed by atoms with Gasteiger partial charge in [0.2, 0.25) is 5.91 Å². The van der Waals surface area contributed by atoms with E-state index >= 15 is 0 Å². The third-order valence-corrected chi connectivity index (χ3v) is 6.01. The van der Waals surface area contributed by atoms with Crippen molar-refractivity contribution < 1.29 is 14.4 Å². The number of likely N-dealkylation sites (N-methyl/N-ethyl adjacent to an activating group) is 1. The SMILES string of the molecule is Cc1cccc(NC(=O)CN(C)C(=O)c2ccc(Cl)c(NC(=O)c3cccs3)c2)c1C. The highest BCUT2D eigenvalue weighted by molar-refractivity contribution is 7.12. The largest absolute Gasteiger partial charge is 0.332 e. The zero-order valence-electron chi connectivity index (χ0n) is 17.4. The lowest BCUT2D eigenvalue weighted by Gasteiger charge is -2.18. The van der Waals surface area contributed by atoms with Crippen molar-refractivity contribution in [2.45, 2.75) is 13.8 Å². The highest BCUT2D eigenvalue weighted by atomic mass is 35.5. The van der Waals surface area contributed by atoms with E-state index < -0.39 is 0 Å². The fourth-order valence-electron chi connectivity index (χ4n) is 2.93. The quantitative estimate of drug-likeness (QED) is 0.550. The molecule has 6 nitrogen and oxygen atoms in total. The molecular formula is C23H22ClN3O3S. The standard InChI is InChI=1S/C23H22ClN3O3S/c1-14-6-4-7-18(15(14)2)25-21(28)13-27(3)23(30)16-9-10-17(24)19(12-16)26-22(29)20-8-5-11-31-20/h4-12H,13H2,1-3H3,(H,25,28)(H,26,29). The van der Waals surface area contributed by atoms with E-state index in [2.05, 4.69) is 10.6 Å². The molecule has 0 spiro atoms. The molecule has 0 aliphatic carbocycles. The molecule has 0 bridgehead atoms. The van der Waals surface area contributed by atoms with E-state index in [0.717, 1.165) is 16.8 Å². The van der Waals surface area contributed by atoms with Crippen molar-refractivity contribution >= 4 is 52.0 Å². The van der Waals surface area contributed by atoms with Crippen molar-refractivity contribution in [3.8, 4) is 0 Å². The van der Waals surface area contributed by atoms with Crippen LogP contribution in [0.2, 0.25) is 5.02 Å². The zero-order valence-corrected chi connectivity index (χ0v) is 18.9. The number of hydrogen-bond acceptors (Lipinski definition) is 4. The van der Waals surface area contributed by atoms with Gasteiger partial charge in [-0.05, 0) is 60.7 Å². The van der Waals surface area contributed by atoms with E-state index in [-0.39, 0.29) is 24.3 Å². The number of anilines is 2. The lowest BCUT2D eigenvalue weighted by Crippen LogP contribution is -2.35. The Kier molecular flexibility index (Phi) is 7.09. The summed E-state index contributed by atoms with van der Waals surface area (Å²) in [6, 6.07) is 13.7. The molecule has 1 aromatic heterocycles. The van der Waals surface area contributed by atoms with Crippen LogP contribution in [-0.4, -0.2) is 36.2 Å². The molecule has 8 heteroatoms. The summed E-state index contributed by atoms with van der Waals surface area (Å²) in [5.41, 5.74) is 3.41. The number of benzene rings is 2. The topological polar surface area (TPSA) is 78.5 Å². The highest BCUT2D eigenvalue weighted by Gasteiger charge is 2.18. The summed E-state index contributed by atoms with van der Waals surface area (Å²) in [5, 5.41) is 7.68. The van der Waals surface area contributed by atoms with E-state index in [1.807, 2.05) is 32.0 Å². The maximum absolute atomic E-state index is 12.8. The second-order valence-electron chi connectivity index (χ2n) is 7.08. The maximum atomic E-state index is 12.8. The van der Waals surface area contributed by atoms with E-state index in [4.69, 9.17) is 11.6 Å². The van der Waals surface area contributed by atoms with Crippen molar-refractivity contribution in [1.29, 1.82) is 0 Å². The van der Waals surface area contributed by atoms with Crippen LogP contribution in [0.4, 0.5) is 11.4 Å². The third-order valence-electron chi connectivity index (χ3n) is 4.81. The van der Waals surface area contributed by atoms with Crippen LogP contribution in [0, 0.1) is 13.8 Å². The molecule has 0 saturated heterocycles. The molecule has 0 fully saturated rings. The normalized spacial score (nSPS) is 10.5. The Bertz CT molecular complexity index is 1130. The number of carbonyl (C=O) groups excluding carboxylic acids is 3. The van der Waals surface area contributed by atoms with Crippen LogP contribution >= 0.6 is 22.9 Å². The van der Waals surface area contributed by atoms with Gasteiger partial charge in [-0.3, -0.25) is 14.4 Å². The minimum atomic E-state index is -0.362. The number of hydrogen-bond donors (Lipinski definition) is 2. The predicted octanol–water partition coefficient (Wildman–Crippen LogP) is 4.98. The molecule has 2 N–H and O–H groups in total. The van der Waals surface area contributed by atoms with Crippen LogP contribution < -0.4 is 10.6 Å². The molecule has 0 aliphatic rings. The molecule has 31 heavy (non-hydrogen) atoms. The van der Waals surface area contributed by atoms with Gasteiger partial charge in [0, 0.05) is 18.3 Å². The molecule has 0 radical (unpaired) electrons. The Morgan fingerprint density at radius 3 is 2.48 bits per heavy atom.